The van der Waals surface area contributed by atoms with Gasteiger partial charge < -0.3 is 14.8 Å². The topological polar surface area (TPSA) is 89.5 Å². The summed E-state index contributed by atoms with van der Waals surface area (Å²) >= 11 is 7.65. The van der Waals surface area contributed by atoms with Crippen LogP contribution in [0, 0.1) is 0 Å². The van der Waals surface area contributed by atoms with Crippen LogP contribution in [0.5, 0.6) is 11.5 Å². The molecule has 2 N–H and O–H groups in total. The number of carbonyl (C=O) groups is 2. The highest BCUT2D eigenvalue weighted by molar-refractivity contribution is 7.22. The van der Waals surface area contributed by atoms with Crippen molar-refractivity contribution in [3.8, 4) is 11.5 Å². The van der Waals surface area contributed by atoms with E-state index in [2.05, 4.69) is 15.6 Å². The fourth-order valence-corrected chi connectivity index (χ4v) is 3.90. The molecule has 1 aromatic heterocycles. The van der Waals surface area contributed by atoms with Crippen LogP contribution in [0.3, 0.4) is 0 Å². The Morgan fingerprint density at radius 3 is 2.63 bits per heavy atom. The second kappa shape index (κ2) is 9.77. The minimum absolute atomic E-state index is 0.152. The lowest BCUT2D eigenvalue weighted by atomic mass is 10.2. The molecule has 158 valence electrons. The molecule has 2 amide bonds. The Labute approximate surface area is 183 Å². The zero-order chi connectivity index (χ0) is 21.7. The van der Waals surface area contributed by atoms with Crippen molar-refractivity contribution in [1.29, 1.82) is 0 Å². The first-order chi connectivity index (χ1) is 14.4. The molecule has 2 aromatic carbocycles. The van der Waals surface area contributed by atoms with Gasteiger partial charge in [-0.05, 0) is 43.7 Å². The molecule has 0 aliphatic carbocycles. The van der Waals surface area contributed by atoms with Crippen molar-refractivity contribution >= 4 is 55.8 Å². The average Bonchev–Trinajstić information content (AvgIpc) is 3.08. The minimum Gasteiger partial charge on any atom is -0.490 e. The van der Waals surface area contributed by atoms with Crippen LogP contribution < -0.4 is 20.1 Å². The third-order valence-electron chi connectivity index (χ3n) is 3.95. The van der Waals surface area contributed by atoms with Crippen molar-refractivity contribution in [3.63, 3.8) is 0 Å². The monoisotopic (exact) mass is 447 g/mol. The number of hydrogen-bond acceptors (Lipinski definition) is 6. The van der Waals surface area contributed by atoms with Crippen molar-refractivity contribution < 1.29 is 19.1 Å². The first-order valence-corrected chi connectivity index (χ1v) is 10.7. The van der Waals surface area contributed by atoms with Crippen LogP contribution in [0.15, 0.2) is 30.3 Å². The van der Waals surface area contributed by atoms with Crippen LogP contribution in [-0.4, -0.2) is 30.0 Å². The van der Waals surface area contributed by atoms with E-state index < -0.39 is 0 Å². The maximum Gasteiger partial charge on any atom is 0.257 e. The number of fused-ring (bicyclic) bond motifs is 1. The lowest BCUT2D eigenvalue weighted by Gasteiger charge is -2.14. The molecule has 0 aliphatic rings. The molecule has 0 atom stereocenters. The Kier molecular flexibility index (Phi) is 7.12. The van der Waals surface area contributed by atoms with Crippen molar-refractivity contribution in [2.75, 3.05) is 23.8 Å². The molecule has 0 unspecified atom stereocenters. The smallest absolute Gasteiger partial charge is 0.257 e. The Bertz CT molecular complexity index is 1080. The number of aromatic nitrogens is 1. The van der Waals surface area contributed by atoms with Crippen molar-refractivity contribution in [2.45, 2.75) is 27.2 Å². The maximum absolute atomic E-state index is 12.8. The highest BCUT2D eigenvalue weighted by Crippen LogP contribution is 2.37. The number of amides is 2. The Hall–Kier alpha value is -2.84. The molecule has 0 bridgehead atoms. The summed E-state index contributed by atoms with van der Waals surface area (Å²) in [7, 11) is 0. The normalized spacial score (nSPS) is 10.7. The summed E-state index contributed by atoms with van der Waals surface area (Å²) in [5.41, 5.74) is 1.73. The average molecular weight is 448 g/mol. The number of nitrogens with one attached hydrogen (secondary N) is 2. The number of hydrogen-bond donors (Lipinski definition) is 2. The summed E-state index contributed by atoms with van der Waals surface area (Å²) in [5.74, 6) is 0.344. The molecule has 0 radical (unpaired) electrons. The highest BCUT2D eigenvalue weighted by atomic mass is 35.5. The summed E-state index contributed by atoms with van der Waals surface area (Å²) in [6.07, 6.45) is 0.825. The predicted molar refractivity (Wildman–Crippen MR) is 120 cm³/mol. The molecule has 3 aromatic rings. The van der Waals surface area contributed by atoms with Crippen molar-refractivity contribution in [3.05, 3.63) is 40.9 Å². The molecule has 1 heterocycles. The number of rotatable bonds is 8. The molecule has 3 rings (SSSR count). The van der Waals surface area contributed by atoms with Crippen LogP contribution in [0.4, 0.5) is 10.8 Å². The van der Waals surface area contributed by atoms with E-state index in [-0.39, 0.29) is 11.8 Å². The van der Waals surface area contributed by atoms with E-state index in [0.717, 1.165) is 16.6 Å². The first kappa shape index (κ1) is 21.9. The van der Waals surface area contributed by atoms with Gasteiger partial charge in [-0.3, -0.25) is 14.9 Å². The van der Waals surface area contributed by atoms with E-state index in [4.69, 9.17) is 21.1 Å². The van der Waals surface area contributed by atoms with E-state index in [1.54, 1.807) is 24.3 Å². The summed E-state index contributed by atoms with van der Waals surface area (Å²) in [4.78, 5) is 28.4. The van der Waals surface area contributed by atoms with Gasteiger partial charge in [0.05, 0.1) is 28.5 Å². The molecule has 0 saturated heterocycles. The summed E-state index contributed by atoms with van der Waals surface area (Å²) in [5, 5.41) is 6.27. The summed E-state index contributed by atoms with van der Waals surface area (Å²) in [6.45, 7) is 6.20. The van der Waals surface area contributed by atoms with E-state index in [9.17, 15) is 9.59 Å². The zero-order valence-electron chi connectivity index (χ0n) is 16.9. The van der Waals surface area contributed by atoms with Crippen LogP contribution >= 0.6 is 22.9 Å². The Balaban J connectivity index is 1.83. The lowest BCUT2D eigenvalue weighted by molar-refractivity contribution is -0.114. The third-order valence-corrected chi connectivity index (χ3v) is 5.17. The standard InChI is InChI=1S/C21H22ClN3O4S/c1-4-8-29-19-15(22)9-13(10-17(19)28-5-2)20(27)25-21-24-16-7-6-14(23-12(3)26)11-18(16)30-21/h6-7,9-11H,4-5,8H2,1-3H3,(H,23,26)(H,24,25,27). The predicted octanol–water partition coefficient (Wildman–Crippen LogP) is 5.35. The van der Waals surface area contributed by atoms with Gasteiger partial charge in [0.15, 0.2) is 16.6 Å². The molecule has 9 heteroatoms. The van der Waals surface area contributed by atoms with Gasteiger partial charge in [-0.2, -0.15) is 0 Å². The SMILES string of the molecule is CCCOc1c(Cl)cc(C(=O)Nc2nc3ccc(NC(C)=O)cc3s2)cc1OCC. The summed E-state index contributed by atoms with van der Waals surface area (Å²) < 4.78 is 12.1. The zero-order valence-corrected chi connectivity index (χ0v) is 18.4. The molecule has 30 heavy (non-hydrogen) atoms. The van der Waals surface area contributed by atoms with Gasteiger partial charge in [-0.1, -0.05) is 29.9 Å². The summed E-state index contributed by atoms with van der Waals surface area (Å²) in [6, 6.07) is 8.52. The Morgan fingerprint density at radius 1 is 1.13 bits per heavy atom. The third kappa shape index (κ3) is 5.20. The number of ether oxygens (including phenoxy) is 2. The molecule has 0 aliphatic heterocycles. The first-order valence-electron chi connectivity index (χ1n) is 9.50. The molecule has 0 fully saturated rings. The van der Waals surface area contributed by atoms with Crippen LogP contribution in [0.25, 0.3) is 10.2 Å². The van der Waals surface area contributed by atoms with Gasteiger partial charge in [-0.15, -0.1) is 0 Å². The minimum atomic E-state index is -0.360. The quantitative estimate of drug-likeness (QED) is 0.486. The van der Waals surface area contributed by atoms with Crippen LogP contribution in [0.1, 0.15) is 37.6 Å². The molecule has 0 saturated carbocycles. The van der Waals surface area contributed by atoms with E-state index in [0.29, 0.717) is 46.1 Å². The van der Waals surface area contributed by atoms with Gasteiger partial charge in [-0.25, -0.2) is 4.98 Å². The Morgan fingerprint density at radius 2 is 1.93 bits per heavy atom. The van der Waals surface area contributed by atoms with E-state index >= 15 is 0 Å². The van der Waals surface area contributed by atoms with E-state index in [1.165, 1.54) is 18.3 Å². The largest absolute Gasteiger partial charge is 0.490 e. The number of halogens is 1. The molecular formula is C21H22ClN3O4S. The lowest BCUT2D eigenvalue weighted by Crippen LogP contribution is -2.12. The van der Waals surface area contributed by atoms with Crippen molar-refractivity contribution in [1.82, 2.24) is 4.98 Å². The number of benzene rings is 2. The maximum atomic E-state index is 12.8. The fourth-order valence-electron chi connectivity index (χ4n) is 2.73. The van der Waals surface area contributed by atoms with Crippen LogP contribution in [0.2, 0.25) is 5.02 Å². The number of carbonyl (C=O) groups excluding carboxylic acids is 2. The van der Waals surface area contributed by atoms with Crippen LogP contribution in [-0.2, 0) is 4.79 Å². The molecule has 7 nitrogen and oxygen atoms in total. The van der Waals surface area contributed by atoms with Gasteiger partial charge in [0.2, 0.25) is 5.91 Å². The second-order valence-electron chi connectivity index (χ2n) is 6.40. The van der Waals surface area contributed by atoms with E-state index in [1.807, 2.05) is 19.9 Å². The van der Waals surface area contributed by atoms with Crippen molar-refractivity contribution in [2.24, 2.45) is 0 Å². The van der Waals surface area contributed by atoms with Gasteiger partial charge in [0.25, 0.3) is 5.91 Å². The highest BCUT2D eigenvalue weighted by Gasteiger charge is 2.17. The van der Waals surface area contributed by atoms with Gasteiger partial charge in [0, 0.05) is 18.2 Å². The fraction of sp³-hybridized carbons (Fsp3) is 0.286. The number of thiazole rings is 1. The van der Waals surface area contributed by atoms with Gasteiger partial charge >= 0.3 is 0 Å². The number of nitrogens with zero attached hydrogens (tertiary/aromatic N) is 1. The second-order valence-corrected chi connectivity index (χ2v) is 7.84. The molecular weight excluding hydrogens is 426 g/mol. The number of anilines is 2. The molecule has 0 spiro atoms. The van der Waals surface area contributed by atoms with Gasteiger partial charge in [0.1, 0.15) is 0 Å².